The predicted molar refractivity (Wildman–Crippen MR) is 54.7 cm³/mol. The summed E-state index contributed by atoms with van der Waals surface area (Å²) >= 11 is 3.15. The Morgan fingerprint density at radius 2 is 2.15 bits per heavy atom. The van der Waals surface area contributed by atoms with Crippen molar-refractivity contribution in [3.8, 4) is 0 Å². The molecule has 0 saturated carbocycles. The Morgan fingerprint density at radius 3 is 2.77 bits per heavy atom. The van der Waals surface area contributed by atoms with Gasteiger partial charge in [-0.25, -0.2) is 4.39 Å². The van der Waals surface area contributed by atoms with E-state index in [0.29, 0.717) is 17.4 Å². The molecule has 72 valence electrons. The van der Waals surface area contributed by atoms with E-state index in [4.69, 9.17) is 11.5 Å². The lowest BCUT2D eigenvalue weighted by Crippen LogP contribution is -2.16. The molecule has 0 unspecified atom stereocenters. The van der Waals surface area contributed by atoms with Gasteiger partial charge in [-0.05, 0) is 40.5 Å². The monoisotopic (exact) mass is 246 g/mol. The second-order valence-electron chi connectivity index (χ2n) is 2.83. The molecule has 0 fully saturated rings. The summed E-state index contributed by atoms with van der Waals surface area (Å²) < 4.78 is 13.5. The van der Waals surface area contributed by atoms with Gasteiger partial charge in [0.1, 0.15) is 5.82 Å². The van der Waals surface area contributed by atoms with Crippen LogP contribution in [-0.4, -0.2) is 6.54 Å². The quantitative estimate of drug-likeness (QED) is 0.857. The molecule has 0 radical (unpaired) electrons. The minimum absolute atomic E-state index is 0.199. The zero-order valence-electron chi connectivity index (χ0n) is 7.13. The molecule has 0 saturated heterocycles. The first-order chi connectivity index (χ1) is 6.16. The van der Waals surface area contributed by atoms with Gasteiger partial charge >= 0.3 is 0 Å². The van der Waals surface area contributed by atoms with Gasteiger partial charge in [0.2, 0.25) is 0 Å². The SMILES string of the molecule is NCC[C@H](N)c1cccc(F)c1Br. The van der Waals surface area contributed by atoms with Gasteiger partial charge in [0.25, 0.3) is 0 Å². The second-order valence-corrected chi connectivity index (χ2v) is 3.62. The third-order valence-electron chi connectivity index (χ3n) is 1.86. The van der Waals surface area contributed by atoms with Crippen molar-refractivity contribution in [2.75, 3.05) is 6.54 Å². The molecule has 4 N–H and O–H groups in total. The number of halogens is 2. The fraction of sp³-hybridized carbons (Fsp3) is 0.333. The normalized spacial score (nSPS) is 12.9. The van der Waals surface area contributed by atoms with Crippen LogP contribution in [0.3, 0.4) is 0 Å². The van der Waals surface area contributed by atoms with Crippen LogP contribution in [-0.2, 0) is 0 Å². The first kappa shape index (κ1) is 10.6. The van der Waals surface area contributed by atoms with Crippen LogP contribution in [0.4, 0.5) is 4.39 Å². The standard InChI is InChI=1S/C9H12BrFN2/c10-9-6(8(13)4-5-12)2-1-3-7(9)11/h1-3,8H,4-5,12-13H2/t8-/m0/s1. The number of hydrogen-bond acceptors (Lipinski definition) is 2. The molecule has 0 bridgehead atoms. The van der Waals surface area contributed by atoms with E-state index >= 15 is 0 Å². The highest BCUT2D eigenvalue weighted by Gasteiger charge is 2.11. The summed E-state index contributed by atoms with van der Waals surface area (Å²) in [5.41, 5.74) is 11.9. The molecule has 0 heterocycles. The molecule has 0 aliphatic rings. The lowest BCUT2D eigenvalue weighted by molar-refractivity contribution is 0.603. The zero-order valence-corrected chi connectivity index (χ0v) is 8.72. The van der Waals surface area contributed by atoms with E-state index in [1.54, 1.807) is 12.1 Å². The summed E-state index contributed by atoms with van der Waals surface area (Å²) in [7, 11) is 0. The molecule has 4 heteroatoms. The summed E-state index contributed by atoms with van der Waals surface area (Å²) in [6, 6.07) is 4.64. The van der Waals surface area contributed by atoms with Crippen molar-refractivity contribution < 1.29 is 4.39 Å². The molecule has 1 aromatic carbocycles. The third kappa shape index (κ3) is 2.49. The Morgan fingerprint density at radius 1 is 1.46 bits per heavy atom. The van der Waals surface area contributed by atoms with Gasteiger partial charge in [0.15, 0.2) is 0 Å². The zero-order chi connectivity index (χ0) is 9.84. The molecular formula is C9H12BrFN2. The van der Waals surface area contributed by atoms with Crippen LogP contribution in [0.25, 0.3) is 0 Å². The molecule has 0 amide bonds. The van der Waals surface area contributed by atoms with Crippen LogP contribution < -0.4 is 11.5 Å². The van der Waals surface area contributed by atoms with Gasteiger partial charge in [-0.15, -0.1) is 0 Å². The molecule has 0 aliphatic carbocycles. The average molecular weight is 247 g/mol. The van der Waals surface area contributed by atoms with Gasteiger partial charge in [-0.1, -0.05) is 12.1 Å². The van der Waals surface area contributed by atoms with Gasteiger partial charge in [-0.2, -0.15) is 0 Å². The average Bonchev–Trinajstić information content (AvgIpc) is 2.10. The van der Waals surface area contributed by atoms with Gasteiger partial charge in [-0.3, -0.25) is 0 Å². The van der Waals surface area contributed by atoms with Gasteiger partial charge in [0.05, 0.1) is 4.47 Å². The van der Waals surface area contributed by atoms with Crippen LogP contribution in [0.5, 0.6) is 0 Å². The topological polar surface area (TPSA) is 52.0 Å². The highest BCUT2D eigenvalue weighted by Crippen LogP contribution is 2.25. The molecule has 0 spiro atoms. The first-order valence-corrected chi connectivity index (χ1v) is 4.85. The Bertz CT molecular complexity index is 291. The number of benzene rings is 1. The van der Waals surface area contributed by atoms with E-state index in [1.165, 1.54) is 6.07 Å². The maximum atomic E-state index is 13.0. The van der Waals surface area contributed by atoms with Crippen LogP contribution >= 0.6 is 15.9 Å². The van der Waals surface area contributed by atoms with Gasteiger partial charge in [0, 0.05) is 6.04 Å². The molecule has 1 aromatic rings. The van der Waals surface area contributed by atoms with Crippen LogP contribution in [0.1, 0.15) is 18.0 Å². The minimum Gasteiger partial charge on any atom is -0.330 e. The lowest BCUT2D eigenvalue weighted by Gasteiger charge is -2.12. The van der Waals surface area contributed by atoms with Crippen molar-refractivity contribution in [1.82, 2.24) is 0 Å². The summed E-state index contributed by atoms with van der Waals surface area (Å²) in [5, 5.41) is 0. The highest BCUT2D eigenvalue weighted by molar-refractivity contribution is 9.10. The lowest BCUT2D eigenvalue weighted by atomic mass is 10.1. The first-order valence-electron chi connectivity index (χ1n) is 4.06. The molecule has 1 rings (SSSR count). The maximum Gasteiger partial charge on any atom is 0.137 e. The van der Waals surface area contributed by atoms with Crippen molar-refractivity contribution in [2.45, 2.75) is 12.5 Å². The predicted octanol–water partition coefficient (Wildman–Crippen LogP) is 1.94. The highest BCUT2D eigenvalue weighted by atomic mass is 79.9. The summed E-state index contributed by atoms with van der Waals surface area (Å²) in [6.07, 6.45) is 0.655. The van der Waals surface area contributed by atoms with E-state index in [9.17, 15) is 4.39 Å². The van der Waals surface area contributed by atoms with Crippen molar-refractivity contribution in [1.29, 1.82) is 0 Å². The maximum absolute atomic E-state index is 13.0. The fourth-order valence-electron chi connectivity index (χ4n) is 1.14. The number of nitrogens with two attached hydrogens (primary N) is 2. The minimum atomic E-state index is -0.287. The van der Waals surface area contributed by atoms with Crippen LogP contribution in [0, 0.1) is 5.82 Å². The second kappa shape index (κ2) is 4.69. The largest absolute Gasteiger partial charge is 0.330 e. The van der Waals surface area contributed by atoms with E-state index in [1.807, 2.05) is 0 Å². The van der Waals surface area contributed by atoms with Crippen LogP contribution in [0.2, 0.25) is 0 Å². The Labute approximate surface area is 85.2 Å². The van der Waals surface area contributed by atoms with E-state index in [-0.39, 0.29) is 11.9 Å². The summed E-state index contributed by atoms with van der Waals surface area (Å²) in [5.74, 6) is -0.287. The smallest absolute Gasteiger partial charge is 0.137 e. The van der Waals surface area contributed by atoms with Crippen molar-refractivity contribution >= 4 is 15.9 Å². The van der Waals surface area contributed by atoms with E-state index in [2.05, 4.69) is 15.9 Å². The van der Waals surface area contributed by atoms with Gasteiger partial charge < -0.3 is 11.5 Å². The number of rotatable bonds is 3. The summed E-state index contributed by atoms with van der Waals surface area (Å²) in [4.78, 5) is 0. The third-order valence-corrected chi connectivity index (χ3v) is 2.70. The molecule has 2 nitrogen and oxygen atoms in total. The van der Waals surface area contributed by atoms with Crippen molar-refractivity contribution in [2.24, 2.45) is 11.5 Å². The van der Waals surface area contributed by atoms with Crippen molar-refractivity contribution in [3.05, 3.63) is 34.1 Å². The van der Waals surface area contributed by atoms with Crippen molar-refractivity contribution in [3.63, 3.8) is 0 Å². The molecule has 0 aromatic heterocycles. The molecular weight excluding hydrogens is 235 g/mol. The Kier molecular flexibility index (Phi) is 3.84. The Hall–Kier alpha value is -0.450. The fourth-order valence-corrected chi connectivity index (χ4v) is 1.70. The molecule has 13 heavy (non-hydrogen) atoms. The summed E-state index contributed by atoms with van der Waals surface area (Å²) in [6.45, 7) is 0.504. The van der Waals surface area contributed by atoms with E-state index < -0.39 is 0 Å². The number of hydrogen-bond donors (Lipinski definition) is 2. The van der Waals surface area contributed by atoms with E-state index in [0.717, 1.165) is 5.56 Å². The molecule has 0 aliphatic heterocycles. The molecule has 1 atom stereocenters. The Balaban J connectivity index is 2.93. The van der Waals surface area contributed by atoms with Crippen LogP contribution in [0.15, 0.2) is 22.7 Å².